The van der Waals surface area contributed by atoms with Crippen molar-refractivity contribution < 1.29 is 18.7 Å². The van der Waals surface area contributed by atoms with E-state index < -0.39 is 0 Å². The summed E-state index contributed by atoms with van der Waals surface area (Å²) >= 11 is 0. The molecule has 0 aliphatic carbocycles. The van der Waals surface area contributed by atoms with Crippen molar-refractivity contribution in [1.29, 1.82) is 0 Å². The monoisotopic (exact) mass is 310 g/mol. The average molecular weight is 310 g/mol. The van der Waals surface area contributed by atoms with Crippen LogP contribution < -0.4 is 5.32 Å². The lowest BCUT2D eigenvalue weighted by atomic mass is 10.1. The average Bonchev–Trinajstić information content (AvgIpc) is 2.52. The number of rotatable bonds is 4. The third-order valence-electron chi connectivity index (χ3n) is 4.11. The zero-order chi connectivity index (χ0) is 16.1. The highest BCUT2D eigenvalue weighted by Gasteiger charge is 2.29. The number of carbonyl (C=O) groups excluding carboxylic acids is 1. The molecule has 2 amide bonds. The maximum atomic E-state index is 13.0. The third kappa shape index (κ3) is 3.96. The van der Waals surface area contributed by atoms with E-state index in [1.165, 1.54) is 12.1 Å². The molecule has 1 aliphatic heterocycles. The minimum Gasteiger partial charge on any atom is -0.375 e. The molecule has 22 heavy (non-hydrogen) atoms. The zero-order valence-corrected chi connectivity index (χ0v) is 13.2. The summed E-state index contributed by atoms with van der Waals surface area (Å²) in [6.07, 6.45) is -0.284. The summed E-state index contributed by atoms with van der Waals surface area (Å²) in [7, 11) is 1.57. The molecule has 1 aliphatic rings. The maximum absolute atomic E-state index is 13.0. The van der Waals surface area contributed by atoms with Gasteiger partial charge in [-0.1, -0.05) is 12.1 Å². The van der Waals surface area contributed by atoms with Crippen LogP contribution >= 0.6 is 0 Å². The van der Waals surface area contributed by atoms with E-state index in [1.54, 1.807) is 24.1 Å². The maximum Gasteiger partial charge on any atom is 0.317 e. The first-order valence-corrected chi connectivity index (χ1v) is 7.47. The molecular formula is C16H23FN2O3. The van der Waals surface area contributed by atoms with E-state index in [2.05, 4.69) is 5.32 Å². The van der Waals surface area contributed by atoms with Gasteiger partial charge in [0.05, 0.1) is 24.9 Å². The number of nitrogens with zero attached hydrogens (tertiary/aromatic N) is 1. The minimum absolute atomic E-state index is 0.0230. The second-order valence-corrected chi connectivity index (χ2v) is 5.47. The van der Waals surface area contributed by atoms with Crippen LogP contribution in [0, 0.1) is 5.82 Å². The van der Waals surface area contributed by atoms with Crippen LogP contribution in [0.3, 0.4) is 0 Å². The first-order chi connectivity index (χ1) is 10.5. The summed E-state index contributed by atoms with van der Waals surface area (Å²) < 4.78 is 23.9. The van der Waals surface area contributed by atoms with E-state index in [0.717, 1.165) is 5.56 Å². The molecule has 6 heteroatoms. The molecule has 122 valence electrons. The number of carbonyl (C=O) groups is 1. The molecule has 5 nitrogen and oxygen atoms in total. The Labute approximate surface area is 130 Å². The summed E-state index contributed by atoms with van der Waals surface area (Å²) in [4.78, 5) is 14.1. The van der Waals surface area contributed by atoms with Crippen LogP contribution in [0.4, 0.5) is 9.18 Å². The normalized spacial score (nSPS) is 23.2. The van der Waals surface area contributed by atoms with Gasteiger partial charge in [0.1, 0.15) is 5.82 Å². The molecule has 0 spiro atoms. The summed E-state index contributed by atoms with van der Waals surface area (Å²) in [5.74, 6) is -0.293. The highest BCUT2D eigenvalue weighted by Crippen LogP contribution is 2.17. The van der Waals surface area contributed by atoms with Gasteiger partial charge in [0, 0.05) is 20.2 Å². The summed E-state index contributed by atoms with van der Waals surface area (Å²) in [6, 6.07) is 5.99. The van der Waals surface area contributed by atoms with Gasteiger partial charge in [-0.05, 0) is 31.5 Å². The van der Waals surface area contributed by atoms with Gasteiger partial charge in [-0.25, -0.2) is 9.18 Å². The summed E-state index contributed by atoms with van der Waals surface area (Å²) in [5.41, 5.74) is 0.826. The van der Waals surface area contributed by atoms with Crippen LogP contribution in [0.25, 0.3) is 0 Å². The van der Waals surface area contributed by atoms with Crippen molar-refractivity contribution in [2.24, 2.45) is 0 Å². The number of methoxy groups -OCH3 is 1. The predicted molar refractivity (Wildman–Crippen MR) is 81.1 cm³/mol. The number of amides is 2. The Balaban J connectivity index is 1.92. The van der Waals surface area contributed by atoms with E-state index in [1.807, 2.05) is 13.8 Å². The Kier molecular flexibility index (Phi) is 5.74. The van der Waals surface area contributed by atoms with Gasteiger partial charge in [0.2, 0.25) is 0 Å². The fourth-order valence-electron chi connectivity index (χ4n) is 2.52. The van der Waals surface area contributed by atoms with Crippen LogP contribution in [0.5, 0.6) is 0 Å². The molecule has 0 bridgehead atoms. The van der Waals surface area contributed by atoms with Crippen LogP contribution in [0.2, 0.25) is 0 Å². The molecule has 1 aromatic rings. The quantitative estimate of drug-likeness (QED) is 0.928. The fraction of sp³-hybridized carbons (Fsp3) is 0.562. The number of morpholine rings is 1. The van der Waals surface area contributed by atoms with Crippen molar-refractivity contribution in [3.8, 4) is 0 Å². The smallest absolute Gasteiger partial charge is 0.317 e. The number of nitrogens with one attached hydrogen (secondary N) is 1. The first kappa shape index (κ1) is 16.7. The van der Waals surface area contributed by atoms with Gasteiger partial charge in [-0.15, -0.1) is 0 Å². The third-order valence-corrected chi connectivity index (χ3v) is 4.11. The van der Waals surface area contributed by atoms with Gasteiger partial charge in [-0.2, -0.15) is 0 Å². The Hall–Kier alpha value is -1.66. The topological polar surface area (TPSA) is 50.8 Å². The van der Waals surface area contributed by atoms with Crippen LogP contribution in [-0.2, 0) is 9.47 Å². The van der Waals surface area contributed by atoms with Crippen molar-refractivity contribution in [1.82, 2.24) is 10.2 Å². The Bertz CT molecular complexity index is 495. The van der Waals surface area contributed by atoms with Gasteiger partial charge >= 0.3 is 6.03 Å². The van der Waals surface area contributed by atoms with E-state index in [-0.39, 0.29) is 30.1 Å². The lowest BCUT2D eigenvalue weighted by Crippen LogP contribution is -2.54. The minimum atomic E-state index is -0.307. The predicted octanol–water partition coefficient (Wildman–Crippen LogP) is 2.33. The van der Waals surface area contributed by atoms with Crippen LogP contribution in [-0.4, -0.2) is 49.9 Å². The summed E-state index contributed by atoms with van der Waals surface area (Å²) in [6.45, 7) is 5.38. The van der Waals surface area contributed by atoms with Gasteiger partial charge in [-0.3, -0.25) is 0 Å². The molecule has 1 N–H and O–H groups in total. The van der Waals surface area contributed by atoms with Gasteiger partial charge in [0.15, 0.2) is 0 Å². The van der Waals surface area contributed by atoms with E-state index in [4.69, 9.17) is 9.47 Å². The summed E-state index contributed by atoms with van der Waals surface area (Å²) in [5, 5.41) is 2.88. The number of ether oxygens (including phenoxy) is 2. The molecule has 3 atom stereocenters. The highest BCUT2D eigenvalue weighted by molar-refractivity contribution is 5.74. The van der Waals surface area contributed by atoms with Gasteiger partial charge < -0.3 is 19.7 Å². The number of urea groups is 1. The Morgan fingerprint density at radius 3 is 2.77 bits per heavy atom. The van der Waals surface area contributed by atoms with Crippen LogP contribution in [0.1, 0.15) is 25.5 Å². The number of hydrogen-bond acceptors (Lipinski definition) is 3. The van der Waals surface area contributed by atoms with Crippen molar-refractivity contribution in [3.63, 3.8) is 0 Å². The molecule has 0 radical (unpaired) electrons. The number of halogens is 1. The van der Waals surface area contributed by atoms with Crippen molar-refractivity contribution >= 4 is 6.03 Å². The lowest BCUT2D eigenvalue weighted by Gasteiger charge is -2.37. The zero-order valence-electron chi connectivity index (χ0n) is 13.2. The SMILES string of the molecule is CO[C@H](CNC(=O)N1CCO[C@@H](C)[C@@H]1C)c1ccc(F)cc1. The first-order valence-electron chi connectivity index (χ1n) is 7.47. The Morgan fingerprint density at radius 2 is 2.14 bits per heavy atom. The fourth-order valence-corrected chi connectivity index (χ4v) is 2.52. The van der Waals surface area contributed by atoms with Crippen molar-refractivity contribution in [2.45, 2.75) is 32.1 Å². The lowest BCUT2D eigenvalue weighted by molar-refractivity contribution is -0.0380. The van der Waals surface area contributed by atoms with E-state index >= 15 is 0 Å². The Morgan fingerprint density at radius 1 is 1.45 bits per heavy atom. The molecule has 0 aromatic heterocycles. The van der Waals surface area contributed by atoms with Crippen molar-refractivity contribution in [3.05, 3.63) is 35.6 Å². The highest BCUT2D eigenvalue weighted by atomic mass is 19.1. The molecule has 1 heterocycles. The molecule has 1 aromatic carbocycles. The second-order valence-electron chi connectivity index (χ2n) is 5.47. The second kappa shape index (κ2) is 7.56. The molecular weight excluding hydrogens is 287 g/mol. The molecule has 1 saturated heterocycles. The van der Waals surface area contributed by atoms with E-state index in [9.17, 15) is 9.18 Å². The largest absolute Gasteiger partial charge is 0.375 e. The number of hydrogen-bond donors (Lipinski definition) is 1. The molecule has 2 rings (SSSR count). The standard InChI is InChI=1S/C16H23FN2O3/c1-11-12(2)22-9-8-19(11)16(20)18-10-15(21-3)13-4-6-14(17)7-5-13/h4-7,11-12,15H,8-10H2,1-3H3,(H,18,20)/t11-,12-,15+/m0/s1. The molecule has 0 unspecified atom stereocenters. The number of benzene rings is 1. The van der Waals surface area contributed by atoms with Gasteiger partial charge in [0.25, 0.3) is 0 Å². The van der Waals surface area contributed by atoms with E-state index in [0.29, 0.717) is 19.7 Å². The molecule has 1 fully saturated rings. The molecule has 0 saturated carbocycles. The van der Waals surface area contributed by atoms with Crippen molar-refractivity contribution in [2.75, 3.05) is 26.8 Å². The van der Waals surface area contributed by atoms with Crippen LogP contribution in [0.15, 0.2) is 24.3 Å².